The van der Waals surface area contributed by atoms with E-state index in [1.165, 1.54) is 37.6 Å². The van der Waals surface area contributed by atoms with Crippen LogP contribution in [-0.2, 0) is 16.1 Å². The van der Waals surface area contributed by atoms with Gasteiger partial charge in [-0.15, -0.1) is 0 Å². The molecule has 0 spiro atoms. The molecule has 0 saturated carbocycles. The van der Waals surface area contributed by atoms with Crippen LogP contribution in [0.3, 0.4) is 0 Å². The third-order valence-electron chi connectivity index (χ3n) is 5.88. The number of amides is 2. The number of methoxy groups -OCH3 is 1. The Morgan fingerprint density at radius 3 is 2.07 bits per heavy atom. The molecular weight excluding hydrogens is 603 g/mol. The number of halogens is 7. The molecule has 0 bridgehead atoms. The number of aryl methyl sites for hydroxylation is 2. The lowest BCUT2D eigenvalue weighted by atomic mass is 9.97. The van der Waals surface area contributed by atoms with E-state index < -0.39 is 55.0 Å². The van der Waals surface area contributed by atoms with Gasteiger partial charge in [0, 0.05) is 56.4 Å². The highest BCUT2D eigenvalue weighted by molar-refractivity contribution is 5.96. The number of nitrogens with one attached hydrogen (secondary N) is 1. The average Bonchev–Trinajstić information content (AvgIpc) is 3.34. The lowest BCUT2D eigenvalue weighted by molar-refractivity contribution is -0.136. The Morgan fingerprint density at radius 2 is 1.61 bits per heavy atom. The van der Waals surface area contributed by atoms with Crippen molar-refractivity contribution in [1.82, 2.24) is 9.88 Å². The van der Waals surface area contributed by atoms with Crippen molar-refractivity contribution in [3.63, 3.8) is 0 Å². The van der Waals surface area contributed by atoms with Gasteiger partial charge in [-0.3, -0.25) is 14.4 Å². The van der Waals surface area contributed by atoms with Gasteiger partial charge in [-0.25, -0.2) is 17.6 Å². The van der Waals surface area contributed by atoms with Crippen molar-refractivity contribution in [3.8, 4) is 5.75 Å². The lowest BCUT2D eigenvalue weighted by Gasteiger charge is -2.18. The Bertz CT molecular complexity index is 1360. The molecule has 4 rings (SSSR count). The zero-order valence-electron chi connectivity index (χ0n) is 24.0. The van der Waals surface area contributed by atoms with Crippen LogP contribution in [-0.4, -0.2) is 55.7 Å². The zero-order valence-corrected chi connectivity index (χ0v) is 24.0. The number of ether oxygens (including phenoxy) is 1. The minimum Gasteiger partial charge on any atom is -0.497 e. The summed E-state index contributed by atoms with van der Waals surface area (Å²) in [6.07, 6.45) is -4.06. The maximum Gasteiger partial charge on any atom is 0.390 e. The monoisotopic (exact) mass is 635 g/mol. The van der Waals surface area contributed by atoms with E-state index in [9.17, 15) is 40.3 Å². The van der Waals surface area contributed by atoms with E-state index in [2.05, 4.69) is 5.32 Å². The highest BCUT2D eigenvalue weighted by atomic mass is 19.4. The summed E-state index contributed by atoms with van der Waals surface area (Å²) in [5, 5.41) is 9.15. The lowest BCUT2D eigenvalue weighted by Crippen LogP contribution is -2.33. The molecule has 1 aliphatic heterocycles. The van der Waals surface area contributed by atoms with Crippen LogP contribution < -0.4 is 20.5 Å². The molecule has 2 amide bonds. The maximum absolute atomic E-state index is 14.3. The molecule has 15 heteroatoms. The quantitative estimate of drug-likeness (QED) is 0.293. The number of nitrogens with zero attached hydrogens (tertiary/aromatic N) is 2. The number of aromatic nitrogens is 1. The van der Waals surface area contributed by atoms with Crippen molar-refractivity contribution >= 4 is 18.0 Å². The molecule has 1 unspecified atom stereocenters. The molecule has 3 aromatic rings. The van der Waals surface area contributed by atoms with Crippen molar-refractivity contribution in [1.29, 1.82) is 0 Å². The first-order chi connectivity index (χ1) is 20.7. The van der Waals surface area contributed by atoms with Crippen LogP contribution in [0.1, 0.15) is 29.9 Å². The molecule has 2 aromatic carbocycles. The van der Waals surface area contributed by atoms with Crippen molar-refractivity contribution in [3.05, 3.63) is 93.7 Å². The van der Waals surface area contributed by atoms with Crippen molar-refractivity contribution in [2.24, 2.45) is 0 Å². The Labute approximate surface area is 248 Å². The minimum absolute atomic E-state index is 0.0134. The molecule has 44 heavy (non-hydrogen) atoms. The first-order valence-corrected chi connectivity index (χ1v) is 12.8. The molecule has 1 aromatic heterocycles. The second-order valence-electron chi connectivity index (χ2n) is 8.99. The molecule has 0 aliphatic carbocycles. The predicted octanol–water partition coefficient (Wildman–Crippen LogP) is 5.01. The van der Waals surface area contributed by atoms with Crippen LogP contribution in [0.2, 0.25) is 0 Å². The first-order valence-electron chi connectivity index (χ1n) is 12.8. The van der Waals surface area contributed by atoms with Gasteiger partial charge in [-0.2, -0.15) is 13.2 Å². The van der Waals surface area contributed by atoms with E-state index in [0.717, 1.165) is 27.2 Å². The molecule has 1 atom stereocenters. The van der Waals surface area contributed by atoms with Gasteiger partial charge < -0.3 is 24.6 Å². The molecular formula is C29H32F7N3O5. The predicted molar refractivity (Wildman–Crippen MR) is 148 cm³/mol. The summed E-state index contributed by atoms with van der Waals surface area (Å²) in [6.45, 7) is -0.0830. The van der Waals surface area contributed by atoms with E-state index in [1.807, 2.05) is 6.92 Å². The topological polar surface area (TPSA) is 101 Å². The molecule has 1 fully saturated rings. The summed E-state index contributed by atoms with van der Waals surface area (Å²) in [5.74, 6) is -3.34. The minimum atomic E-state index is -4.44. The van der Waals surface area contributed by atoms with E-state index in [1.54, 1.807) is 19.2 Å². The second kappa shape index (κ2) is 18.3. The van der Waals surface area contributed by atoms with E-state index in [4.69, 9.17) is 14.6 Å². The number of aliphatic hydroxyl groups excluding tert-OH is 1. The molecule has 2 heterocycles. The van der Waals surface area contributed by atoms with Gasteiger partial charge in [0.2, 0.25) is 12.3 Å². The van der Waals surface area contributed by atoms with Gasteiger partial charge in [-0.05, 0) is 31.2 Å². The highest BCUT2D eigenvalue weighted by Gasteiger charge is 2.36. The first kappa shape index (κ1) is 37.6. The van der Waals surface area contributed by atoms with Gasteiger partial charge in [0.25, 0.3) is 5.56 Å². The molecule has 1 aliphatic rings. The van der Waals surface area contributed by atoms with Crippen LogP contribution in [0.15, 0.2) is 59.5 Å². The van der Waals surface area contributed by atoms with Crippen LogP contribution in [0.4, 0.5) is 36.4 Å². The number of hydrogen-bond acceptors (Lipinski definition) is 5. The number of carbonyl (C=O) groups excluding carboxylic acids is 2. The number of aliphatic hydroxyl groups is 1. The van der Waals surface area contributed by atoms with Crippen LogP contribution in [0.5, 0.6) is 5.75 Å². The van der Waals surface area contributed by atoms with Crippen molar-refractivity contribution in [2.45, 2.75) is 38.4 Å². The largest absolute Gasteiger partial charge is 0.497 e. The number of carbonyl (C=O) groups is 2. The average molecular weight is 636 g/mol. The third kappa shape index (κ3) is 12.1. The van der Waals surface area contributed by atoms with Crippen molar-refractivity contribution in [2.75, 3.05) is 32.5 Å². The molecule has 8 nitrogen and oxygen atoms in total. The fourth-order valence-corrected chi connectivity index (χ4v) is 3.89. The summed E-state index contributed by atoms with van der Waals surface area (Å²) in [4.78, 5) is 35.0. The SMILES string of the molecule is CNC=O.COc1cc(F)c(C2CC(=O)N(c3cccn(CCC(F)(F)F)c3=O)C2)c(F)c1.Cc1ccc(F)cc1.OCF. The smallest absolute Gasteiger partial charge is 0.390 e. The van der Waals surface area contributed by atoms with E-state index in [-0.39, 0.29) is 35.8 Å². The van der Waals surface area contributed by atoms with Crippen LogP contribution >= 0.6 is 0 Å². The molecule has 242 valence electrons. The number of anilines is 1. The number of alkyl halides is 4. The summed E-state index contributed by atoms with van der Waals surface area (Å²) < 4.78 is 93.6. The molecule has 0 radical (unpaired) electrons. The van der Waals surface area contributed by atoms with Gasteiger partial charge >= 0.3 is 6.18 Å². The van der Waals surface area contributed by atoms with Gasteiger partial charge in [0.05, 0.1) is 13.5 Å². The Hall–Kier alpha value is -4.40. The summed E-state index contributed by atoms with van der Waals surface area (Å²) >= 11 is 0. The van der Waals surface area contributed by atoms with E-state index in [0.29, 0.717) is 6.41 Å². The Balaban J connectivity index is 0.000000531. The number of benzene rings is 2. The third-order valence-corrected chi connectivity index (χ3v) is 5.88. The molecule has 1 saturated heterocycles. The highest BCUT2D eigenvalue weighted by Crippen LogP contribution is 2.35. The standard InChI is InChI=1S/C19H17F5N2O3.C7H7F.C2H5NO.CH3FO/c1-29-12-8-13(20)17(14(21)9-12)11-7-16(27)26(10-11)15-3-2-5-25(18(15)28)6-4-19(22,23)24;1-6-2-4-7(8)5-3-6;1-3-2-4;2-1-3/h2-3,5,8-9,11H,4,6-7,10H2,1H3;2-5H,1H3;2H,1H3,(H,3,4);3H,1H2. The van der Waals surface area contributed by atoms with Gasteiger partial charge in [-0.1, -0.05) is 17.7 Å². The van der Waals surface area contributed by atoms with Crippen molar-refractivity contribution < 1.29 is 50.2 Å². The number of pyridine rings is 1. The van der Waals surface area contributed by atoms with Crippen LogP contribution in [0, 0.1) is 24.4 Å². The second-order valence-corrected chi connectivity index (χ2v) is 8.99. The zero-order chi connectivity index (χ0) is 33.4. The van der Waals surface area contributed by atoms with Crippen LogP contribution in [0.25, 0.3) is 0 Å². The molecule has 2 N–H and O–H groups in total. The van der Waals surface area contributed by atoms with Gasteiger partial charge in [0.15, 0.2) is 6.86 Å². The number of hydrogen-bond donors (Lipinski definition) is 2. The number of rotatable bonds is 6. The summed E-state index contributed by atoms with van der Waals surface area (Å²) in [6, 6.07) is 11.0. The van der Waals surface area contributed by atoms with E-state index >= 15 is 0 Å². The fourth-order valence-electron chi connectivity index (χ4n) is 3.89. The summed E-state index contributed by atoms with van der Waals surface area (Å²) in [5.41, 5.74) is -0.112. The van der Waals surface area contributed by atoms with Gasteiger partial charge in [0.1, 0.15) is 28.9 Å². The Morgan fingerprint density at radius 1 is 1.07 bits per heavy atom. The normalized spacial score (nSPS) is 13.8. The Kier molecular flexibility index (Phi) is 15.7. The maximum atomic E-state index is 14.3. The fraction of sp³-hybridized carbons (Fsp3) is 0.345. The summed E-state index contributed by atoms with van der Waals surface area (Å²) in [7, 11) is 2.82.